The summed E-state index contributed by atoms with van der Waals surface area (Å²) in [4.78, 5) is 37.7. The molecule has 24 heavy (non-hydrogen) atoms. The third-order valence-corrected chi connectivity index (χ3v) is 4.41. The molecule has 0 aromatic heterocycles. The maximum Gasteiger partial charge on any atom is 0.309 e. The number of hydrogen-bond acceptors (Lipinski definition) is 5. The van der Waals surface area contributed by atoms with Crippen LogP contribution in [0.5, 0.6) is 0 Å². The summed E-state index contributed by atoms with van der Waals surface area (Å²) >= 11 is 0. The molecular formula is C18H33NO5. The zero-order chi connectivity index (χ0) is 18.9. The van der Waals surface area contributed by atoms with Crippen molar-refractivity contribution in [2.24, 2.45) is 17.8 Å². The average molecular weight is 343 g/mol. The van der Waals surface area contributed by atoms with Gasteiger partial charge in [-0.15, -0.1) is 0 Å². The Morgan fingerprint density at radius 2 is 1.62 bits per heavy atom. The molecule has 1 N–H and O–H groups in total. The summed E-state index contributed by atoms with van der Waals surface area (Å²) in [6.07, 6.45) is 1.18. The Labute approximate surface area is 145 Å². The minimum Gasteiger partial charge on any atom is -0.463 e. The standard InChI is InChI=1S/C18H33NO5/c1-7-14(18(23)24-11-16(21)8-2)10-15(17(22)19(5)6)9-12(3)13(4)20/h12,14-16,21H,7-11H2,1-6H3. The van der Waals surface area contributed by atoms with Gasteiger partial charge >= 0.3 is 5.97 Å². The molecule has 0 rings (SSSR count). The molecule has 4 unspecified atom stereocenters. The van der Waals surface area contributed by atoms with E-state index in [1.54, 1.807) is 21.0 Å². The first-order valence-corrected chi connectivity index (χ1v) is 8.70. The van der Waals surface area contributed by atoms with Gasteiger partial charge in [-0.3, -0.25) is 14.4 Å². The summed E-state index contributed by atoms with van der Waals surface area (Å²) in [5, 5.41) is 9.51. The van der Waals surface area contributed by atoms with Gasteiger partial charge in [-0.25, -0.2) is 0 Å². The van der Waals surface area contributed by atoms with Crippen LogP contribution in [0.25, 0.3) is 0 Å². The van der Waals surface area contributed by atoms with E-state index in [1.807, 2.05) is 13.8 Å². The molecule has 140 valence electrons. The zero-order valence-electron chi connectivity index (χ0n) is 15.9. The maximum atomic E-state index is 12.4. The minimum atomic E-state index is -0.664. The van der Waals surface area contributed by atoms with E-state index in [-0.39, 0.29) is 24.2 Å². The van der Waals surface area contributed by atoms with Crippen molar-refractivity contribution in [2.45, 2.75) is 59.5 Å². The Morgan fingerprint density at radius 1 is 1.04 bits per heavy atom. The highest BCUT2D eigenvalue weighted by Gasteiger charge is 2.30. The van der Waals surface area contributed by atoms with Crippen molar-refractivity contribution in [3.8, 4) is 0 Å². The number of nitrogens with zero attached hydrogens (tertiary/aromatic N) is 1. The third kappa shape index (κ3) is 7.90. The van der Waals surface area contributed by atoms with E-state index in [2.05, 4.69) is 0 Å². The van der Waals surface area contributed by atoms with E-state index < -0.39 is 23.9 Å². The van der Waals surface area contributed by atoms with Crippen LogP contribution in [0.1, 0.15) is 53.4 Å². The number of ether oxygens (including phenoxy) is 1. The monoisotopic (exact) mass is 343 g/mol. The number of amides is 1. The molecule has 0 heterocycles. The predicted octanol–water partition coefficient (Wildman–Crippen LogP) is 2.04. The molecule has 0 aromatic rings. The Morgan fingerprint density at radius 3 is 2.04 bits per heavy atom. The van der Waals surface area contributed by atoms with Crippen molar-refractivity contribution in [3.63, 3.8) is 0 Å². The lowest BCUT2D eigenvalue weighted by Crippen LogP contribution is -2.34. The van der Waals surface area contributed by atoms with Crippen LogP contribution >= 0.6 is 0 Å². The quantitative estimate of drug-likeness (QED) is 0.580. The molecule has 6 heteroatoms. The van der Waals surface area contributed by atoms with Gasteiger partial charge in [0, 0.05) is 25.9 Å². The van der Waals surface area contributed by atoms with Crippen molar-refractivity contribution in [1.82, 2.24) is 4.90 Å². The van der Waals surface area contributed by atoms with Crippen LogP contribution in [0, 0.1) is 17.8 Å². The van der Waals surface area contributed by atoms with Gasteiger partial charge in [0.2, 0.25) is 5.91 Å². The lowest BCUT2D eigenvalue weighted by Gasteiger charge is -2.25. The third-order valence-electron chi connectivity index (χ3n) is 4.41. The number of aliphatic hydroxyl groups excluding tert-OH is 1. The summed E-state index contributed by atoms with van der Waals surface area (Å²) in [6, 6.07) is 0. The van der Waals surface area contributed by atoms with E-state index in [0.717, 1.165) is 0 Å². The topological polar surface area (TPSA) is 83.9 Å². The van der Waals surface area contributed by atoms with Crippen LogP contribution in [0.15, 0.2) is 0 Å². The number of hydrogen-bond donors (Lipinski definition) is 1. The maximum absolute atomic E-state index is 12.4. The van der Waals surface area contributed by atoms with E-state index in [0.29, 0.717) is 25.7 Å². The molecule has 4 atom stereocenters. The van der Waals surface area contributed by atoms with Gasteiger partial charge in [0.1, 0.15) is 12.4 Å². The first-order chi connectivity index (χ1) is 11.1. The molecule has 0 saturated heterocycles. The summed E-state index contributed by atoms with van der Waals surface area (Å²) in [6.45, 7) is 6.97. The van der Waals surface area contributed by atoms with Gasteiger partial charge in [-0.1, -0.05) is 20.8 Å². The number of Topliss-reactive ketones (excluding diaryl/α,β-unsaturated/α-hetero) is 1. The lowest BCUT2D eigenvalue weighted by atomic mass is 9.84. The Hall–Kier alpha value is -1.43. The molecule has 0 aromatic carbocycles. The van der Waals surface area contributed by atoms with Gasteiger partial charge in [0.25, 0.3) is 0 Å². The fourth-order valence-electron chi connectivity index (χ4n) is 2.44. The molecule has 0 aliphatic rings. The molecule has 6 nitrogen and oxygen atoms in total. The van der Waals surface area contributed by atoms with Crippen molar-refractivity contribution in [1.29, 1.82) is 0 Å². The van der Waals surface area contributed by atoms with Crippen molar-refractivity contribution in [2.75, 3.05) is 20.7 Å². The first-order valence-electron chi connectivity index (χ1n) is 8.70. The molecule has 1 amide bonds. The van der Waals surface area contributed by atoms with E-state index in [4.69, 9.17) is 4.74 Å². The number of carbonyl (C=O) groups is 3. The van der Waals surface area contributed by atoms with Gasteiger partial charge in [-0.05, 0) is 32.6 Å². The van der Waals surface area contributed by atoms with Crippen LogP contribution in [-0.4, -0.2) is 54.5 Å². The smallest absolute Gasteiger partial charge is 0.309 e. The zero-order valence-corrected chi connectivity index (χ0v) is 15.9. The highest BCUT2D eigenvalue weighted by Crippen LogP contribution is 2.25. The Bertz CT molecular complexity index is 422. The molecule has 0 fully saturated rings. The lowest BCUT2D eigenvalue weighted by molar-refractivity contribution is -0.153. The molecule has 0 bridgehead atoms. The molecule has 0 aliphatic heterocycles. The van der Waals surface area contributed by atoms with Crippen LogP contribution in [-0.2, 0) is 19.1 Å². The average Bonchev–Trinajstić information content (AvgIpc) is 2.54. The largest absolute Gasteiger partial charge is 0.463 e. The van der Waals surface area contributed by atoms with Crippen LogP contribution in [0.4, 0.5) is 0 Å². The van der Waals surface area contributed by atoms with Crippen molar-refractivity contribution in [3.05, 3.63) is 0 Å². The number of carbonyl (C=O) groups excluding carboxylic acids is 3. The summed E-state index contributed by atoms with van der Waals surface area (Å²) in [5.74, 6) is -1.47. The van der Waals surface area contributed by atoms with Crippen molar-refractivity contribution < 1.29 is 24.2 Å². The Balaban J connectivity index is 4.96. The van der Waals surface area contributed by atoms with Crippen LogP contribution in [0.3, 0.4) is 0 Å². The fourth-order valence-corrected chi connectivity index (χ4v) is 2.44. The second-order valence-electron chi connectivity index (χ2n) is 6.71. The number of esters is 1. The summed E-state index contributed by atoms with van der Waals surface area (Å²) in [5.41, 5.74) is 0. The van der Waals surface area contributed by atoms with E-state index in [9.17, 15) is 19.5 Å². The van der Waals surface area contributed by atoms with E-state index in [1.165, 1.54) is 11.8 Å². The summed E-state index contributed by atoms with van der Waals surface area (Å²) < 4.78 is 5.16. The van der Waals surface area contributed by atoms with E-state index >= 15 is 0 Å². The second kappa shape index (κ2) is 11.2. The first kappa shape index (κ1) is 22.6. The normalized spacial score (nSPS) is 16.0. The van der Waals surface area contributed by atoms with Crippen LogP contribution in [0.2, 0.25) is 0 Å². The van der Waals surface area contributed by atoms with Crippen LogP contribution < -0.4 is 0 Å². The molecule has 0 saturated carbocycles. The van der Waals surface area contributed by atoms with Gasteiger partial charge in [0.15, 0.2) is 0 Å². The molecule has 0 spiro atoms. The number of ketones is 1. The minimum absolute atomic E-state index is 0.0258. The fraction of sp³-hybridized carbons (Fsp3) is 0.833. The number of rotatable bonds is 11. The summed E-state index contributed by atoms with van der Waals surface area (Å²) in [7, 11) is 3.34. The highest BCUT2D eigenvalue weighted by atomic mass is 16.5. The molecule has 0 aliphatic carbocycles. The predicted molar refractivity (Wildman–Crippen MR) is 92.3 cm³/mol. The van der Waals surface area contributed by atoms with Gasteiger partial charge in [-0.2, -0.15) is 0 Å². The molecular weight excluding hydrogens is 310 g/mol. The number of aliphatic hydroxyl groups is 1. The molecule has 0 radical (unpaired) electrons. The SMILES string of the molecule is CCC(O)COC(=O)C(CC)CC(CC(C)C(C)=O)C(=O)N(C)C. The highest BCUT2D eigenvalue weighted by molar-refractivity contribution is 5.82. The Kier molecular flexibility index (Phi) is 10.5. The van der Waals surface area contributed by atoms with Gasteiger partial charge in [0.05, 0.1) is 12.0 Å². The van der Waals surface area contributed by atoms with Crippen molar-refractivity contribution >= 4 is 17.7 Å². The second-order valence-corrected chi connectivity index (χ2v) is 6.71. The van der Waals surface area contributed by atoms with Gasteiger partial charge < -0.3 is 14.7 Å².